The monoisotopic (exact) mass is 362 g/mol. The van der Waals surface area contributed by atoms with Gasteiger partial charge in [-0.1, -0.05) is 6.07 Å². The van der Waals surface area contributed by atoms with E-state index >= 15 is 0 Å². The highest BCUT2D eigenvalue weighted by Crippen LogP contribution is 2.30. The Balaban J connectivity index is 1.70. The molecule has 0 bridgehead atoms. The first kappa shape index (κ1) is 16.6. The highest BCUT2D eigenvalue weighted by Gasteiger charge is 2.13. The van der Waals surface area contributed by atoms with Crippen molar-refractivity contribution >= 4 is 21.4 Å². The van der Waals surface area contributed by atoms with Gasteiger partial charge in [-0.15, -0.1) is 11.3 Å². The van der Waals surface area contributed by atoms with Gasteiger partial charge in [0.15, 0.2) is 0 Å². The third-order valence-electron chi connectivity index (χ3n) is 4.46. The average molecular weight is 362 g/mol. The second kappa shape index (κ2) is 6.80. The van der Waals surface area contributed by atoms with Gasteiger partial charge in [-0.05, 0) is 42.7 Å². The summed E-state index contributed by atoms with van der Waals surface area (Å²) in [5.41, 5.74) is 5.18. The van der Waals surface area contributed by atoms with Gasteiger partial charge < -0.3 is 0 Å². The molecule has 4 aromatic rings. The smallest absolute Gasteiger partial charge is 0.267 e. The van der Waals surface area contributed by atoms with Crippen LogP contribution in [0, 0.1) is 13.8 Å². The Morgan fingerprint density at radius 1 is 1.15 bits per heavy atom. The molecular weight excluding hydrogens is 344 g/mol. The molecule has 0 aromatic carbocycles. The van der Waals surface area contributed by atoms with Gasteiger partial charge in [0, 0.05) is 41.6 Å². The fourth-order valence-corrected chi connectivity index (χ4v) is 4.03. The second-order valence-corrected chi connectivity index (χ2v) is 7.23. The summed E-state index contributed by atoms with van der Waals surface area (Å²) in [4.78, 5) is 21.6. The zero-order chi connectivity index (χ0) is 18.1. The van der Waals surface area contributed by atoms with Gasteiger partial charge in [-0.25, -0.2) is 4.68 Å². The van der Waals surface area contributed by atoms with Crippen LogP contribution >= 0.6 is 11.3 Å². The van der Waals surface area contributed by atoms with Crippen molar-refractivity contribution in [2.75, 3.05) is 0 Å². The minimum atomic E-state index is -0.0553. The van der Waals surface area contributed by atoms with Gasteiger partial charge in [-0.3, -0.25) is 14.8 Å². The zero-order valence-corrected chi connectivity index (χ0v) is 15.5. The van der Waals surface area contributed by atoms with Crippen molar-refractivity contribution in [3.05, 3.63) is 75.5 Å². The van der Waals surface area contributed by atoms with Gasteiger partial charge >= 0.3 is 0 Å². The zero-order valence-electron chi connectivity index (χ0n) is 14.6. The van der Waals surface area contributed by atoms with Crippen molar-refractivity contribution < 1.29 is 0 Å². The number of rotatable bonds is 4. The number of aryl methyl sites for hydroxylation is 4. The molecule has 4 rings (SSSR count). The fourth-order valence-electron chi connectivity index (χ4n) is 3.11. The number of fused-ring (bicyclic) bond motifs is 1. The van der Waals surface area contributed by atoms with E-state index in [1.807, 2.05) is 30.6 Å². The molecule has 0 fully saturated rings. The summed E-state index contributed by atoms with van der Waals surface area (Å²) in [5, 5.41) is 7.09. The normalized spacial score (nSPS) is 11.2. The molecule has 0 radical (unpaired) electrons. The van der Waals surface area contributed by atoms with Crippen molar-refractivity contribution in [2.45, 2.75) is 26.8 Å². The molecule has 0 N–H and O–H groups in total. The van der Waals surface area contributed by atoms with E-state index in [2.05, 4.69) is 28.1 Å². The topological polar surface area (TPSA) is 60.7 Å². The van der Waals surface area contributed by atoms with Crippen molar-refractivity contribution in [1.29, 1.82) is 0 Å². The van der Waals surface area contributed by atoms with E-state index in [9.17, 15) is 4.79 Å². The third kappa shape index (κ3) is 3.04. The van der Waals surface area contributed by atoms with Gasteiger partial charge in [0.1, 0.15) is 0 Å². The quantitative estimate of drug-likeness (QED) is 0.554. The Morgan fingerprint density at radius 3 is 2.73 bits per heavy atom. The molecule has 26 heavy (non-hydrogen) atoms. The van der Waals surface area contributed by atoms with Crippen molar-refractivity contribution in [3.63, 3.8) is 0 Å². The lowest BCUT2D eigenvalue weighted by Gasteiger charge is -2.08. The standard InChI is InChI=1S/C20H18N4OS/c1-13-9-14(2)17(22-10-13)5-8-24-20(25)19-16(12-26-18(19)11-23-24)15-3-6-21-7-4-15/h3-4,6-7,9-12H,5,8H2,1-2H3. The van der Waals surface area contributed by atoms with Gasteiger partial charge in [0.25, 0.3) is 5.56 Å². The molecule has 0 spiro atoms. The van der Waals surface area contributed by atoms with E-state index in [-0.39, 0.29) is 5.56 Å². The van der Waals surface area contributed by atoms with Crippen LogP contribution in [0.5, 0.6) is 0 Å². The maximum absolute atomic E-state index is 13.0. The molecule has 6 heteroatoms. The Hall–Kier alpha value is -2.86. The van der Waals surface area contributed by atoms with Crippen LogP contribution in [0.3, 0.4) is 0 Å². The number of nitrogens with zero attached hydrogens (tertiary/aromatic N) is 4. The summed E-state index contributed by atoms with van der Waals surface area (Å²) in [5.74, 6) is 0. The second-order valence-electron chi connectivity index (χ2n) is 6.32. The van der Waals surface area contributed by atoms with Crippen LogP contribution < -0.4 is 5.56 Å². The Kier molecular flexibility index (Phi) is 4.34. The molecule has 4 heterocycles. The summed E-state index contributed by atoms with van der Waals surface area (Å²) in [6.07, 6.45) is 7.80. The Labute approximate surface area is 155 Å². The van der Waals surface area contributed by atoms with Crippen molar-refractivity contribution in [3.8, 4) is 11.1 Å². The highest BCUT2D eigenvalue weighted by atomic mass is 32.1. The SMILES string of the molecule is Cc1cnc(CCn2ncc3scc(-c4ccncc4)c3c2=O)c(C)c1. The summed E-state index contributed by atoms with van der Waals surface area (Å²) in [7, 11) is 0. The summed E-state index contributed by atoms with van der Waals surface area (Å²) in [6.45, 7) is 4.59. The average Bonchev–Trinajstić information content (AvgIpc) is 3.08. The predicted molar refractivity (Wildman–Crippen MR) is 105 cm³/mol. The Bertz CT molecular complexity index is 1130. The molecule has 0 aliphatic carbocycles. The molecule has 130 valence electrons. The van der Waals surface area contributed by atoms with Crippen LogP contribution in [0.15, 0.2) is 53.2 Å². The maximum atomic E-state index is 13.0. The Morgan fingerprint density at radius 2 is 1.96 bits per heavy atom. The number of hydrogen-bond donors (Lipinski definition) is 0. The van der Waals surface area contributed by atoms with Crippen LogP contribution in [0.1, 0.15) is 16.8 Å². The first-order valence-electron chi connectivity index (χ1n) is 8.43. The molecule has 0 saturated carbocycles. The first-order chi connectivity index (χ1) is 12.6. The van der Waals surface area contributed by atoms with E-state index in [4.69, 9.17) is 0 Å². The van der Waals surface area contributed by atoms with Crippen molar-refractivity contribution in [1.82, 2.24) is 19.7 Å². The van der Waals surface area contributed by atoms with E-state index in [1.54, 1.807) is 34.6 Å². The molecular formula is C20H18N4OS. The predicted octanol–water partition coefficient (Wildman–Crippen LogP) is 3.77. The number of hydrogen-bond acceptors (Lipinski definition) is 5. The molecule has 5 nitrogen and oxygen atoms in total. The van der Waals surface area contributed by atoms with E-state index in [0.717, 1.165) is 38.0 Å². The lowest BCUT2D eigenvalue weighted by molar-refractivity contribution is 0.578. The highest BCUT2D eigenvalue weighted by molar-refractivity contribution is 7.17. The van der Waals surface area contributed by atoms with Crippen LogP contribution in [-0.2, 0) is 13.0 Å². The largest absolute Gasteiger partial charge is 0.276 e. The lowest BCUT2D eigenvalue weighted by Crippen LogP contribution is -2.24. The van der Waals surface area contributed by atoms with Crippen LogP contribution in [0.25, 0.3) is 21.2 Å². The number of pyridine rings is 2. The van der Waals surface area contributed by atoms with Gasteiger partial charge in [0.05, 0.1) is 22.8 Å². The summed E-state index contributed by atoms with van der Waals surface area (Å²) < 4.78 is 2.45. The molecule has 0 unspecified atom stereocenters. The van der Waals surface area contributed by atoms with E-state index in [1.165, 1.54) is 0 Å². The van der Waals surface area contributed by atoms with E-state index < -0.39 is 0 Å². The number of aromatic nitrogens is 4. The fraction of sp³-hybridized carbons (Fsp3) is 0.200. The van der Waals surface area contributed by atoms with Crippen molar-refractivity contribution in [2.24, 2.45) is 0 Å². The molecule has 0 aliphatic rings. The molecule has 0 aliphatic heterocycles. The minimum Gasteiger partial charge on any atom is -0.267 e. The molecule has 0 amide bonds. The van der Waals surface area contributed by atoms with Crippen LogP contribution in [-0.4, -0.2) is 19.7 Å². The van der Waals surface area contributed by atoms with E-state index in [0.29, 0.717) is 13.0 Å². The molecule has 0 atom stereocenters. The first-order valence-corrected chi connectivity index (χ1v) is 9.31. The summed E-state index contributed by atoms with van der Waals surface area (Å²) in [6, 6.07) is 5.96. The molecule has 4 aromatic heterocycles. The molecule has 0 saturated heterocycles. The number of thiophene rings is 1. The van der Waals surface area contributed by atoms with Gasteiger partial charge in [0.2, 0.25) is 0 Å². The minimum absolute atomic E-state index is 0.0553. The summed E-state index contributed by atoms with van der Waals surface area (Å²) >= 11 is 1.54. The maximum Gasteiger partial charge on any atom is 0.276 e. The lowest BCUT2D eigenvalue weighted by atomic mass is 10.1. The van der Waals surface area contributed by atoms with Crippen LogP contribution in [0.2, 0.25) is 0 Å². The third-order valence-corrected chi connectivity index (χ3v) is 5.37. The van der Waals surface area contributed by atoms with Gasteiger partial charge in [-0.2, -0.15) is 5.10 Å². The van der Waals surface area contributed by atoms with Crippen LogP contribution in [0.4, 0.5) is 0 Å².